The maximum absolute atomic E-state index is 12.2. The summed E-state index contributed by atoms with van der Waals surface area (Å²) in [6, 6.07) is 18.1. The van der Waals surface area contributed by atoms with E-state index in [0.29, 0.717) is 11.0 Å². The Kier molecular flexibility index (Phi) is 5.88. The van der Waals surface area contributed by atoms with Crippen LogP contribution in [-0.2, 0) is 4.79 Å². The van der Waals surface area contributed by atoms with Crippen molar-refractivity contribution in [1.82, 2.24) is 25.2 Å². The molecule has 4 aromatic rings. The number of hydrogen-bond acceptors (Lipinski definition) is 6. The number of hydrogen-bond donors (Lipinski definition) is 2. The van der Waals surface area contributed by atoms with Crippen molar-refractivity contribution in [2.75, 3.05) is 11.6 Å². The fraction of sp³-hybridized carbons (Fsp3) is 0.250. The van der Waals surface area contributed by atoms with Crippen molar-refractivity contribution in [2.24, 2.45) is 0 Å². The van der Waals surface area contributed by atoms with Crippen LogP contribution in [0.25, 0.3) is 33.5 Å². The number of aromatic nitrogens is 4. The molecule has 8 heteroatoms. The van der Waals surface area contributed by atoms with Gasteiger partial charge >= 0.3 is 0 Å². The molecule has 0 unspecified atom stereocenters. The Morgan fingerprint density at radius 2 is 1.81 bits per heavy atom. The summed E-state index contributed by atoms with van der Waals surface area (Å²) in [5, 5.41) is 12.9. The third-order valence-electron chi connectivity index (χ3n) is 4.82. The molecule has 0 radical (unpaired) electrons. The molecule has 164 valence electrons. The van der Waals surface area contributed by atoms with Gasteiger partial charge in [-0.1, -0.05) is 59.8 Å². The first-order valence-corrected chi connectivity index (χ1v) is 11.3. The summed E-state index contributed by atoms with van der Waals surface area (Å²) in [6.45, 7) is 7.89. The number of nitrogen functional groups attached to an aromatic ring is 1. The number of pyridine rings is 1. The molecule has 0 aliphatic heterocycles. The standard InChI is InChI=1S/C24H26N6OS/c1-15-9-11-16(12-10-15)20-13-18(17-7-5-6-8-19(17)26-20)22-28-29-23(30(22)25)32-14-21(31)27-24(2,3)4/h5-13H,14,25H2,1-4H3,(H,27,31). The molecule has 4 rings (SSSR count). The first-order chi connectivity index (χ1) is 15.2. The summed E-state index contributed by atoms with van der Waals surface area (Å²) in [6.07, 6.45) is 0. The second kappa shape index (κ2) is 8.63. The van der Waals surface area contributed by atoms with Crippen LogP contribution in [0.1, 0.15) is 26.3 Å². The molecule has 1 amide bonds. The Hall–Kier alpha value is -3.39. The molecule has 32 heavy (non-hydrogen) atoms. The van der Waals surface area contributed by atoms with E-state index in [0.717, 1.165) is 27.7 Å². The van der Waals surface area contributed by atoms with Crippen molar-refractivity contribution < 1.29 is 4.79 Å². The molecule has 0 aliphatic carbocycles. The molecule has 3 N–H and O–H groups in total. The van der Waals surface area contributed by atoms with E-state index in [2.05, 4.69) is 46.7 Å². The predicted molar refractivity (Wildman–Crippen MR) is 130 cm³/mol. The summed E-state index contributed by atoms with van der Waals surface area (Å²) >= 11 is 1.26. The van der Waals surface area contributed by atoms with Gasteiger partial charge in [-0.25, -0.2) is 9.66 Å². The number of nitrogens with one attached hydrogen (secondary N) is 1. The number of para-hydroxylation sites is 1. The largest absolute Gasteiger partial charge is 0.351 e. The number of nitrogens with zero attached hydrogens (tertiary/aromatic N) is 4. The highest BCUT2D eigenvalue weighted by Gasteiger charge is 2.19. The van der Waals surface area contributed by atoms with Crippen molar-refractivity contribution in [3.63, 3.8) is 0 Å². The number of carbonyl (C=O) groups is 1. The summed E-state index contributed by atoms with van der Waals surface area (Å²) in [5.74, 6) is 7.02. The first kappa shape index (κ1) is 21.8. The van der Waals surface area contributed by atoms with Crippen LogP contribution >= 0.6 is 11.8 Å². The minimum Gasteiger partial charge on any atom is -0.351 e. The van der Waals surface area contributed by atoms with Gasteiger partial charge in [-0.05, 0) is 39.8 Å². The van der Waals surface area contributed by atoms with E-state index in [-0.39, 0.29) is 17.2 Å². The van der Waals surface area contributed by atoms with Gasteiger partial charge in [0.15, 0.2) is 5.82 Å². The predicted octanol–water partition coefficient (Wildman–Crippen LogP) is 4.19. The van der Waals surface area contributed by atoms with Crippen LogP contribution in [0, 0.1) is 6.92 Å². The maximum atomic E-state index is 12.2. The third-order valence-corrected chi connectivity index (χ3v) is 5.76. The molecule has 0 spiro atoms. The fourth-order valence-electron chi connectivity index (χ4n) is 3.38. The Morgan fingerprint density at radius 3 is 2.53 bits per heavy atom. The number of amides is 1. The Labute approximate surface area is 191 Å². The first-order valence-electron chi connectivity index (χ1n) is 10.3. The lowest BCUT2D eigenvalue weighted by Gasteiger charge is -2.20. The molecule has 2 heterocycles. The summed E-state index contributed by atoms with van der Waals surface area (Å²) < 4.78 is 1.44. The van der Waals surface area contributed by atoms with Crippen LogP contribution in [0.4, 0.5) is 0 Å². The van der Waals surface area contributed by atoms with Gasteiger partial charge in [0.2, 0.25) is 11.1 Å². The van der Waals surface area contributed by atoms with Crippen molar-refractivity contribution in [1.29, 1.82) is 0 Å². The lowest BCUT2D eigenvalue weighted by Crippen LogP contribution is -2.41. The average Bonchev–Trinajstić information content (AvgIpc) is 3.11. The molecule has 2 aromatic heterocycles. The smallest absolute Gasteiger partial charge is 0.230 e. The quantitative estimate of drug-likeness (QED) is 0.352. The van der Waals surface area contributed by atoms with Crippen molar-refractivity contribution in [3.05, 3.63) is 60.2 Å². The van der Waals surface area contributed by atoms with Crippen molar-refractivity contribution in [2.45, 2.75) is 38.4 Å². The summed E-state index contributed by atoms with van der Waals surface area (Å²) in [4.78, 5) is 17.0. The highest BCUT2D eigenvalue weighted by molar-refractivity contribution is 7.99. The lowest BCUT2D eigenvalue weighted by atomic mass is 10.0. The van der Waals surface area contributed by atoms with Gasteiger partial charge in [-0.15, -0.1) is 10.2 Å². The zero-order chi connectivity index (χ0) is 22.9. The number of fused-ring (bicyclic) bond motifs is 1. The van der Waals surface area contributed by atoms with E-state index >= 15 is 0 Å². The molecule has 0 bridgehead atoms. The average molecular weight is 447 g/mol. The highest BCUT2D eigenvalue weighted by Crippen LogP contribution is 2.32. The highest BCUT2D eigenvalue weighted by atomic mass is 32.2. The molecule has 0 aliphatic rings. The van der Waals surface area contributed by atoms with Gasteiger partial charge < -0.3 is 11.2 Å². The van der Waals surface area contributed by atoms with Crippen LogP contribution in [0.2, 0.25) is 0 Å². The topological polar surface area (TPSA) is 98.7 Å². The van der Waals surface area contributed by atoms with Gasteiger partial charge in [0.05, 0.1) is 17.0 Å². The van der Waals surface area contributed by atoms with Crippen LogP contribution in [0.15, 0.2) is 59.8 Å². The number of thioether (sulfide) groups is 1. The van der Waals surface area contributed by atoms with E-state index in [9.17, 15) is 4.79 Å². The normalized spacial score (nSPS) is 11.6. The van der Waals surface area contributed by atoms with Crippen molar-refractivity contribution >= 4 is 28.6 Å². The van der Waals surface area contributed by atoms with Crippen molar-refractivity contribution in [3.8, 4) is 22.6 Å². The van der Waals surface area contributed by atoms with Gasteiger partial charge in [-0.2, -0.15) is 0 Å². The molecule has 2 aromatic carbocycles. The molecular formula is C24H26N6OS. The molecular weight excluding hydrogens is 420 g/mol. The zero-order valence-electron chi connectivity index (χ0n) is 18.6. The number of benzene rings is 2. The zero-order valence-corrected chi connectivity index (χ0v) is 19.4. The van der Waals surface area contributed by atoms with E-state index in [1.165, 1.54) is 22.0 Å². The second-order valence-corrected chi connectivity index (χ2v) is 9.64. The maximum Gasteiger partial charge on any atom is 0.230 e. The van der Waals surface area contributed by atoms with Gasteiger partial charge in [0, 0.05) is 22.1 Å². The fourth-order valence-corrected chi connectivity index (χ4v) is 4.03. The SMILES string of the molecule is Cc1ccc(-c2cc(-c3nnc(SCC(=O)NC(C)(C)C)n3N)c3ccccc3n2)cc1. The molecule has 7 nitrogen and oxygen atoms in total. The Balaban J connectivity index is 1.70. The number of carbonyl (C=O) groups excluding carboxylic acids is 1. The minimum absolute atomic E-state index is 0.0805. The van der Waals surface area contributed by atoms with E-state index in [1.54, 1.807) is 0 Å². The van der Waals surface area contributed by atoms with E-state index < -0.39 is 0 Å². The molecule has 0 fully saturated rings. The van der Waals surface area contributed by atoms with Crippen LogP contribution in [0.5, 0.6) is 0 Å². The van der Waals surface area contributed by atoms with E-state index in [1.807, 2.05) is 51.1 Å². The van der Waals surface area contributed by atoms with Gasteiger partial charge in [0.1, 0.15) is 0 Å². The van der Waals surface area contributed by atoms with Crippen LogP contribution < -0.4 is 11.2 Å². The van der Waals surface area contributed by atoms with Crippen LogP contribution in [-0.4, -0.2) is 37.1 Å². The third kappa shape index (κ3) is 4.75. The van der Waals surface area contributed by atoms with Gasteiger partial charge in [0.25, 0.3) is 0 Å². The molecule has 0 saturated carbocycles. The van der Waals surface area contributed by atoms with Crippen LogP contribution in [0.3, 0.4) is 0 Å². The Bertz CT molecular complexity index is 1270. The number of rotatable bonds is 5. The minimum atomic E-state index is -0.290. The summed E-state index contributed by atoms with van der Waals surface area (Å²) in [7, 11) is 0. The summed E-state index contributed by atoms with van der Waals surface area (Å²) in [5.41, 5.74) is 4.43. The van der Waals surface area contributed by atoms with Gasteiger partial charge in [-0.3, -0.25) is 4.79 Å². The lowest BCUT2D eigenvalue weighted by molar-refractivity contribution is -0.119. The second-order valence-electron chi connectivity index (χ2n) is 8.70. The molecule has 0 saturated heterocycles. The molecule has 0 atom stereocenters. The number of nitrogens with two attached hydrogens (primary N) is 1. The number of aryl methyl sites for hydroxylation is 1. The van der Waals surface area contributed by atoms with E-state index in [4.69, 9.17) is 10.8 Å². The Morgan fingerprint density at radius 1 is 1.09 bits per heavy atom. The monoisotopic (exact) mass is 446 g/mol.